The molecule has 2 aromatic rings. The summed E-state index contributed by atoms with van der Waals surface area (Å²) in [6, 6.07) is 4.71. The summed E-state index contributed by atoms with van der Waals surface area (Å²) in [5.41, 5.74) is 1.08. The fourth-order valence-corrected chi connectivity index (χ4v) is 3.03. The number of hydrogen-bond acceptors (Lipinski definition) is 6. The Morgan fingerprint density at radius 1 is 1.23 bits per heavy atom. The van der Waals surface area contributed by atoms with Crippen molar-refractivity contribution in [1.82, 2.24) is 24.8 Å². The number of aryl methyl sites for hydroxylation is 1. The maximum absolute atomic E-state index is 4.66. The van der Waals surface area contributed by atoms with Crippen LogP contribution in [0.1, 0.15) is 44.2 Å². The fourth-order valence-electron chi connectivity index (χ4n) is 3.03. The number of likely N-dealkylation sites (tertiary alicyclic amines) is 1. The molecule has 1 aliphatic rings. The first-order valence-electron chi connectivity index (χ1n) is 7.79. The van der Waals surface area contributed by atoms with E-state index < -0.39 is 0 Å². The van der Waals surface area contributed by atoms with E-state index in [1.54, 1.807) is 18.5 Å². The van der Waals surface area contributed by atoms with Gasteiger partial charge in [0.1, 0.15) is 11.6 Å². The minimum atomic E-state index is 0.374. The van der Waals surface area contributed by atoms with Crippen molar-refractivity contribution in [3.8, 4) is 0 Å². The molecule has 3 heterocycles. The molecular weight excluding hydrogens is 276 g/mol. The van der Waals surface area contributed by atoms with Crippen LogP contribution < -0.4 is 5.32 Å². The van der Waals surface area contributed by atoms with Gasteiger partial charge in [0.25, 0.3) is 0 Å². The summed E-state index contributed by atoms with van der Waals surface area (Å²) in [7, 11) is 0. The highest BCUT2D eigenvalue weighted by Crippen LogP contribution is 2.33. The summed E-state index contributed by atoms with van der Waals surface area (Å²) in [5.74, 6) is 2.08. The van der Waals surface area contributed by atoms with Gasteiger partial charge in [0.05, 0.1) is 11.7 Å². The molecule has 0 radical (unpaired) electrons. The largest absolute Gasteiger partial charge is 0.309 e. The van der Waals surface area contributed by atoms with Crippen molar-refractivity contribution in [2.75, 3.05) is 11.9 Å². The van der Waals surface area contributed by atoms with E-state index in [2.05, 4.69) is 44.0 Å². The summed E-state index contributed by atoms with van der Waals surface area (Å²) < 4.78 is 0. The maximum atomic E-state index is 4.66. The topological polar surface area (TPSA) is 66.8 Å². The normalized spacial score (nSPS) is 18.8. The molecule has 1 saturated heterocycles. The van der Waals surface area contributed by atoms with Crippen molar-refractivity contribution >= 4 is 11.8 Å². The molecule has 1 N–H and O–H groups in total. The van der Waals surface area contributed by atoms with E-state index in [0.29, 0.717) is 18.0 Å². The SMILES string of the molecule is Cc1nc(Nc2ncccn2)cc([C@@H]2CCCN2C(C)C)n1. The van der Waals surface area contributed by atoms with E-state index in [4.69, 9.17) is 0 Å². The second-order valence-corrected chi connectivity index (χ2v) is 5.91. The Kier molecular flexibility index (Phi) is 4.29. The molecule has 1 fully saturated rings. The van der Waals surface area contributed by atoms with Crippen LogP contribution >= 0.6 is 0 Å². The first-order chi connectivity index (χ1) is 10.6. The van der Waals surface area contributed by atoms with Crippen LogP contribution in [0, 0.1) is 6.92 Å². The molecule has 6 heteroatoms. The minimum absolute atomic E-state index is 0.374. The zero-order chi connectivity index (χ0) is 15.5. The zero-order valence-corrected chi connectivity index (χ0v) is 13.3. The molecule has 1 aliphatic heterocycles. The summed E-state index contributed by atoms with van der Waals surface area (Å²) in [4.78, 5) is 20.0. The van der Waals surface area contributed by atoms with Gasteiger partial charge in [-0.05, 0) is 46.2 Å². The van der Waals surface area contributed by atoms with Gasteiger partial charge in [-0.1, -0.05) is 0 Å². The summed E-state index contributed by atoms with van der Waals surface area (Å²) in [6.45, 7) is 7.54. The number of anilines is 2. The lowest BCUT2D eigenvalue weighted by molar-refractivity contribution is 0.202. The molecule has 0 aromatic carbocycles. The Hall–Kier alpha value is -2.08. The summed E-state index contributed by atoms with van der Waals surface area (Å²) in [5, 5.41) is 3.16. The van der Waals surface area contributed by atoms with Crippen LogP contribution in [0.3, 0.4) is 0 Å². The van der Waals surface area contributed by atoms with Crippen molar-refractivity contribution in [3.05, 3.63) is 36.0 Å². The number of nitrogens with zero attached hydrogens (tertiary/aromatic N) is 5. The quantitative estimate of drug-likeness (QED) is 0.936. The summed E-state index contributed by atoms with van der Waals surface area (Å²) >= 11 is 0. The monoisotopic (exact) mass is 298 g/mol. The van der Waals surface area contributed by atoms with Crippen LogP contribution in [0.25, 0.3) is 0 Å². The molecule has 2 aromatic heterocycles. The molecule has 0 unspecified atom stereocenters. The highest BCUT2D eigenvalue weighted by Gasteiger charge is 2.29. The molecule has 116 valence electrons. The van der Waals surface area contributed by atoms with E-state index in [-0.39, 0.29) is 0 Å². The maximum Gasteiger partial charge on any atom is 0.228 e. The summed E-state index contributed by atoms with van der Waals surface area (Å²) in [6.07, 6.45) is 5.79. The third-order valence-corrected chi connectivity index (χ3v) is 3.96. The van der Waals surface area contributed by atoms with E-state index in [1.165, 1.54) is 6.42 Å². The van der Waals surface area contributed by atoms with E-state index in [0.717, 1.165) is 30.3 Å². The molecule has 0 bridgehead atoms. The minimum Gasteiger partial charge on any atom is -0.309 e. The molecule has 3 rings (SSSR count). The first-order valence-corrected chi connectivity index (χ1v) is 7.79. The van der Waals surface area contributed by atoms with Crippen LogP contribution in [0.2, 0.25) is 0 Å². The third-order valence-electron chi connectivity index (χ3n) is 3.96. The molecule has 0 amide bonds. The van der Waals surface area contributed by atoms with Crippen LogP contribution in [-0.2, 0) is 0 Å². The van der Waals surface area contributed by atoms with Crippen LogP contribution in [0.15, 0.2) is 24.5 Å². The number of hydrogen-bond donors (Lipinski definition) is 1. The van der Waals surface area contributed by atoms with Gasteiger partial charge < -0.3 is 5.32 Å². The van der Waals surface area contributed by atoms with Gasteiger partial charge in [0, 0.05) is 24.5 Å². The van der Waals surface area contributed by atoms with Gasteiger partial charge in [-0.25, -0.2) is 19.9 Å². The Balaban J connectivity index is 1.87. The van der Waals surface area contributed by atoms with Crippen molar-refractivity contribution < 1.29 is 0 Å². The van der Waals surface area contributed by atoms with Crippen LogP contribution in [0.5, 0.6) is 0 Å². The predicted molar refractivity (Wildman–Crippen MR) is 85.9 cm³/mol. The predicted octanol–water partition coefficient (Wildman–Crippen LogP) is 2.86. The second kappa shape index (κ2) is 6.36. The average molecular weight is 298 g/mol. The molecule has 0 saturated carbocycles. The first kappa shape index (κ1) is 14.8. The van der Waals surface area contributed by atoms with E-state index >= 15 is 0 Å². The molecular formula is C16H22N6. The van der Waals surface area contributed by atoms with Crippen molar-refractivity contribution in [2.45, 2.75) is 45.7 Å². The fraction of sp³-hybridized carbons (Fsp3) is 0.500. The molecule has 0 aliphatic carbocycles. The molecule has 0 spiro atoms. The average Bonchev–Trinajstić information content (AvgIpc) is 2.97. The molecule has 1 atom stereocenters. The van der Waals surface area contributed by atoms with Crippen molar-refractivity contribution in [1.29, 1.82) is 0 Å². The Bertz CT molecular complexity index is 628. The van der Waals surface area contributed by atoms with Crippen LogP contribution in [-0.4, -0.2) is 37.4 Å². The Morgan fingerprint density at radius 2 is 2.00 bits per heavy atom. The number of rotatable bonds is 4. The van der Waals surface area contributed by atoms with Crippen molar-refractivity contribution in [2.24, 2.45) is 0 Å². The molecule has 6 nitrogen and oxygen atoms in total. The highest BCUT2D eigenvalue weighted by molar-refractivity contribution is 5.48. The third kappa shape index (κ3) is 3.22. The van der Waals surface area contributed by atoms with Crippen LogP contribution in [0.4, 0.5) is 11.8 Å². The number of nitrogens with one attached hydrogen (secondary N) is 1. The lowest BCUT2D eigenvalue weighted by Gasteiger charge is -2.28. The van der Waals surface area contributed by atoms with Gasteiger partial charge in [-0.15, -0.1) is 0 Å². The standard InChI is InChI=1S/C16H22N6/c1-11(2)22-9-4-6-14(22)13-10-15(20-12(3)19-13)21-16-17-7-5-8-18-16/h5,7-8,10-11,14H,4,6,9H2,1-3H3,(H,17,18,19,20,21)/t14-/m0/s1. The lowest BCUT2D eigenvalue weighted by atomic mass is 10.1. The lowest BCUT2D eigenvalue weighted by Crippen LogP contribution is -2.30. The highest BCUT2D eigenvalue weighted by atomic mass is 15.2. The van der Waals surface area contributed by atoms with E-state index in [9.17, 15) is 0 Å². The van der Waals surface area contributed by atoms with Gasteiger partial charge in [0.15, 0.2) is 0 Å². The smallest absolute Gasteiger partial charge is 0.228 e. The zero-order valence-electron chi connectivity index (χ0n) is 13.3. The van der Waals surface area contributed by atoms with Gasteiger partial charge in [-0.3, -0.25) is 4.90 Å². The van der Waals surface area contributed by atoms with Gasteiger partial charge in [0.2, 0.25) is 5.95 Å². The number of aromatic nitrogens is 4. The molecule has 22 heavy (non-hydrogen) atoms. The van der Waals surface area contributed by atoms with E-state index in [1.807, 2.05) is 13.0 Å². The van der Waals surface area contributed by atoms with Crippen molar-refractivity contribution in [3.63, 3.8) is 0 Å². The van der Waals surface area contributed by atoms with Gasteiger partial charge in [-0.2, -0.15) is 0 Å². The second-order valence-electron chi connectivity index (χ2n) is 5.91. The Morgan fingerprint density at radius 3 is 2.73 bits per heavy atom. The Labute approximate surface area is 131 Å². The van der Waals surface area contributed by atoms with Gasteiger partial charge >= 0.3 is 0 Å².